The van der Waals surface area contributed by atoms with E-state index in [0.29, 0.717) is 12.3 Å². The fraction of sp³-hybridized carbons (Fsp3) is 0.900. The van der Waals surface area contributed by atoms with Crippen molar-refractivity contribution in [3.05, 3.63) is 0 Å². The number of hydrogen-bond acceptors (Lipinski definition) is 6. The molecule has 0 aromatic rings. The van der Waals surface area contributed by atoms with Crippen molar-refractivity contribution in [1.29, 1.82) is 0 Å². The number of ether oxygens (including phenoxy) is 1. The first-order valence-corrected chi connectivity index (χ1v) is 8.62. The molecule has 1 atom stereocenters. The summed E-state index contributed by atoms with van der Waals surface area (Å²) in [6.07, 6.45) is 1.04. The summed E-state index contributed by atoms with van der Waals surface area (Å²) in [5.74, 6) is 1.01. The average Bonchev–Trinajstić information content (AvgIpc) is 2.15. The Morgan fingerprint density at radius 1 is 1.53 bits per heavy atom. The predicted molar refractivity (Wildman–Crippen MR) is 68.8 cm³/mol. The molecule has 5 nitrogen and oxygen atoms in total. The SMILES string of the molecule is CC(C)OC(=O)CN1CCSCC1S(C)(=O)=O. The lowest BCUT2D eigenvalue weighted by molar-refractivity contribution is -0.148. The van der Waals surface area contributed by atoms with Crippen LogP contribution in [-0.4, -0.2) is 61.6 Å². The van der Waals surface area contributed by atoms with Gasteiger partial charge in [0, 0.05) is 24.3 Å². The van der Waals surface area contributed by atoms with Crippen molar-refractivity contribution >= 4 is 27.6 Å². The molecule has 0 N–H and O–H groups in total. The maximum Gasteiger partial charge on any atom is 0.320 e. The molecule has 1 saturated heterocycles. The van der Waals surface area contributed by atoms with Gasteiger partial charge in [0.1, 0.15) is 5.37 Å². The van der Waals surface area contributed by atoms with E-state index in [9.17, 15) is 13.2 Å². The summed E-state index contributed by atoms with van der Waals surface area (Å²) in [5, 5.41) is -0.569. The maximum atomic E-state index is 11.6. The van der Waals surface area contributed by atoms with E-state index in [0.717, 1.165) is 5.75 Å². The van der Waals surface area contributed by atoms with E-state index in [1.165, 1.54) is 6.26 Å². The van der Waals surface area contributed by atoms with Gasteiger partial charge in [0.25, 0.3) is 0 Å². The number of hydrogen-bond donors (Lipinski definition) is 0. The zero-order chi connectivity index (χ0) is 13.1. The van der Waals surface area contributed by atoms with E-state index >= 15 is 0 Å². The third-order valence-corrected chi connectivity index (χ3v) is 5.07. The minimum atomic E-state index is -3.15. The number of carbonyl (C=O) groups excluding carboxylic acids is 1. The van der Waals surface area contributed by atoms with Crippen LogP contribution in [0, 0.1) is 0 Å². The molecule has 1 aliphatic rings. The average molecular weight is 281 g/mol. The molecular formula is C10H19NO4S2. The first kappa shape index (κ1) is 14.8. The minimum Gasteiger partial charge on any atom is -0.462 e. The van der Waals surface area contributed by atoms with Crippen LogP contribution in [0.4, 0.5) is 0 Å². The third kappa shape index (κ3) is 4.85. The zero-order valence-corrected chi connectivity index (χ0v) is 12.0. The molecule has 0 radical (unpaired) electrons. The van der Waals surface area contributed by atoms with Crippen LogP contribution in [0.5, 0.6) is 0 Å². The highest BCUT2D eigenvalue weighted by Crippen LogP contribution is 2.20. The molecule has 0 saturated carbocycles. The van der Waals surface area contributed by atoms with Crippen molar-refractivity contribution in [3.8, 4) is 0 Å². The van der Waals surface area contributed by atoms with E-state index < -0.39 is 15.2 Å². The highest BCUT2D eigenvalue weighted by molar-refractivity contribution is 8.00. The molecule has 17 heavy (non-hydrogen) atoms. The molecule has 0 amide bonds. The second-order valence-electron chi connectivity index (χ2n) is 4.37. The third-order valence-electron chi connectivity index (χ3n) is 2.38. The Labute approximate surface area is 107 Å². The van der Waals surface area contributed by atoms with Gasteiger partial charge in [-0.25, -0.2) is 8.42 Å². The van der Waals surface area contributed by atoms with E-state index in [-0.39, 0.29) is 18.6 Å². The van der Waals surface area contributed by atoms with Crippen LogP contribution < -0.4 is 0 Å². The van der Waals surface area contributed by atoms with Gasteiger partial charge in [-0.15, -0.1) is 0 Å². The second-order valence-corrected chi connectivity index (χ2v) is 7.72. The molecule has 0 aliphatic carbocycles. The molecule has 1 fully saturated rings. The Kier molecular flexibility index (Phi) is 5.27. The van der Waals surface area contributed by atoms with E-state index in [1.807, 2.05) is 0 Å². The molecule has 7 heteroatoms. The number of sulfone groups is 1. The maximum absolute atomic E-state index is 11.6. The molecule has 1 aliphatic heterocycles. The molecular weight excluding hydrogens is 262 g/mol. The Balaban J connectivity index is 2.63. The standard InChI is InChI=1S/C10H19NO4S2/c1-8(2)15-10(12)6-11-4-5-16-7-9(11)17(3,13)14/h8-9H,4-7H2,1-3H3. The van der Waals surface area contributed by atoms with Crippen LogP contribution in [0.2, 0.25) is 0 Å². The van der Waals surface area contributed by atoms with Gasteiger partial charge < -0.3 is 4.74 Å². The fourth-order valence-electron chi connectivity index (χ4n) is 1.66. The summed E-state index contributed by atoms with van der Waals surface area (Å²) in [5.41, 5.74) is 0. The van der Waals surface area contributed by atoms with Crippen LogP contribution in [0.3, 0.4) is 0 Å². The van der Waals surface area contributed by atoms with Gasteiger partial charge in [-0.1, -0.05) is 0 Å². The fourth-order valence-corrected chi connectivity index (χ4v) is 4.60. The summed E-state index contributed by atoms with van der Waals surface area (Å²) in [6.45, 7) is 4.21. The largest absolute Gasteiger partial charge is 0.462 e. The lowest BCUT2D eigenvalue weighted by Crippen LogP contribution is -2.49. The van der Waals surface area contributed by atoms with Crippen LogP contribution in [0.1, 0.15) is 13.8 Å². The summed E-state index contributed by atoms with van der Waals surface area (Å²) >= 11 is 1.60. The summed E-state index contributed by atoms with van der Waals surface area (Å²) in [4.78, 5) is 13.2. The predicted octanol–water partition coefficient (Wildman–Crippen LogP) is 0.358. The number of rotatable bonds is 4. The van der Waals surface area contributed by atoms with Gasteiger partial charge in [0.05, 0.1) is 12.6 Å². The molecule has 1 heterocycles. The van der Waals surface area contributed by atoms with Crippen molar-refractivity contribution in [3.63, 3.8) is 0 Å². The quantitative estimate of drug-likeness (QED) is 0.693. The summed E-state index contributed by atoms with van der Waals surface area (Å²) in [6, 6.07) is 0. The van der Waals surface area contributed by atoms with Gasteiger partial charge in [0.2, 0.25) is 0 Å². The van der Waals surface area contributed by atoms with Gasteiger partial charge in [0.15, 0.2) is 9.84 Å². The molecule has 1 unspecified atom stereocenters. The van der Waals surface area contributed by atoms with Crippen LogP contribution in [0.25, 0.3) is 0 Å². The summed E-state index contributed by atoms with van der Waals surface area (Å²) < 4.78 is 28.2. The summed E-state index contributed by atoms with van der Waals surface area (Å²) in [7, 11) is -3.15. The number of nitrogens with zero attached hydrogens (tertiary/aromatic N) is 1. The molecule has 0 aromatic carbocycles. The highest BCUT2D eigenvalue weighted by Gasteiger charge is 2.32. The van der Waals surface area contributed by atoms with Crippen molar-refractivity contribution in [2.24, 2.45) is 0 Å². The van der Waals surface area contributed by atoms with Crippen molar-refractivity contribution in [2.45, 2.75) is 25.3 Å². The first-order chi connectivity index (χ1) is 7.80. The minimum absolute atomic E-state index is 0.0521. The second kappa shape index (κ2) is 6.06. The molecule has 1 rings (SSSR count). The van der Waals surface area contributed by atoms with E-state index in [4.69, 9.17) is 4.74 Å². The highest BCUT2D eigenvalue weighted by atomic mass is 32.2. The molecule has 0 spiro atoms. The molecule has 100 valence electrons. The van der Waals surface area contributed by atoms with Crippen molar-refractivity contribution in [2.75, 3.05) is 30.9 Å². The van der Waals surface area contributed by atoms with Gasteiger partial charge in [-0.2, -0.15) is 11.8 Å². The van der Waals surface area contributed by atoms with Gasteiger partial charge in [-0.05, 0) is 13.8 Å². The van der Waals surface area contributed by atoms with Crippen LogP contribution in [0.15, 0.2) is 0 Å². The Morgan fingerprint density at radius 3 is 2.71 bits per heavy atom. The van der Waals surface area contributed by atoms with Crippen molar-refractivity contribution in [1.82, 2.24) is 4.90 Å². The Hall–Kier alpha value is -0.270. The van der Waals surface area contributed by atoms with Crippen LogP contribution >= 0.6 is 11.8 Å². The van der Waals surface area contributed by atoms with Gasteiger partial charge in [-0.3, -0.25) is 9.69 Å². The monoisotopic (exact) mass is 281 g/mol. The van der Waals surface area contributed by atoms with E-state index in [1.54, 1.807) is 30.5 Å². The van der Waals surface area contributed by atoms with E-state index in [2.05, 4.69) is 0 Å². The number of thioether (sulfide) groups is 1. The first-order valence-electron chi connectivity index (χ1n) is 5.51. The van der Waals surface area contributed by atoms with Gasteiger partial charge >= 0.3 is 5.97 Å². The Bertz CT molecular complexity index is 367. The number of carbonyl (C=O) groups is 1. The topological polar surface area (TPSA) is 63.7 Å². The lowest BCUT2D eigenvalue weighted by atomic mass is 10.4. The zero-order valence-electron chi connectivity index (χ0n) is 10.4. The lowest BCUT2D eigenvalue weighted by Gasteiger charge is -2.33. The number of esters is 1. The molecule has 0 aromatic heterocycles. The normalized spacial score (nSPS) is 22.7. The smallest absolute Gasteiger partial charge is 0.320 e. The molecule has 0 bridgehead atoms. The van der Waals surface area contributed by atoms with Crippen molar-refractivity contribution < 1.29 is 17.9 Å². The van der Waals surface area contributed by atoms with Crippen LogP contribution in [-0.2, 0) is 19.4 Å². The Morgan fingerprint density at radius 2 is 2.18 bits per heavy atom.